The van der Waals surface area contributed by atoms with E-state index < -0.39 is 6.04 Å². The van der Waals surface area contributed by atoms with E-state index in [1.165, 1.54) is 5.69 Å². The number of carbonyl (C=O) groups excluding carboxylic acids is 1. The largest absolute Gasteiger partial charge is 0.369 e. The van der Waals surface area contributed by atoms with Crippen LogP contribution in [0, 0.1) is 0 Å². The first kappa shape index (κ1) is 22.4. The zero-order chi connectivity index (χ0) is 17.4. The summed E-state index contributed by atoms with van der Waals surface area (Å²) in [6.45, 7) is 5.44. The van der Waals surface area contributed by atoms with Crippen LogP contribution in [0.4, 0.5) is 5.69 Å². The Labute approximate surface area is 166 Å². The molecule has 1 aliphatic heterocycles. The monoisotopic (exact) mass is 406 g/mol. The Morgan fingerprint density at radius 1 is 1.36 bits per heavy atom. The number of thioether (sulfide) groups is 1. The molecule has 0 unspecified atom stereocenters. The van der Waals surface area contributed by atoms with Gasteiger partial charge in [-0.25, -0.2) is 0 Å². The standard InChI is InChI=1S/C17H27ClN4OS.ClH/c1-24-12-5-16(19)17(23)20-6-7-21-8-10-22(11-9-21)15-4-2-3-14(18)13-15;/h2-4,13,16H,5-12,19H2,1H3,(H,20,23);1H/t16-;/m0./s1. The number of piperazine rings is 1. The summed E-state index contributed by atoms with van der Waals surface area (Å²) < 4.78 is 0. The molecule has 1 fully saturated rings. The Kier molecular flexibility index (Phi) is 10.6. The smallest absolute Gasteiger partial charge is 0.236 e. The van der Waals surface area contributed by atoms with E-state index in [1.54, 1.807) is 11.8 Å². The van der Waals surface area contributed by atoms with Crippen LogP contribution in [0.25, 0.3) is 0 Å². The van der Waals surface area contributed by atoms with Gasteiger partial charge in [-0.15, -0.1) is 12.4 Å². The number of benzene rings is 1. The van der Waals surface area contributed by atoms with Crippen molar-refractivity contribution < 1.29 is 4.79 Å². The molecule has 25 heavy (non-hydrogen) atoms. The van der Waals surface area contributed by atoms with E-state index in [0.717, 1.165) is 49.9 Å². The maximum atomic E-state index is 11.9. The van der Waals surface area contributed by atoms with Crippen LogP contribution >= 0.6 is 35.8 Å². The van der Waals surface area contributed by atoms with E-state index in [4.69, 9.17) is 17.3 Å². The first-order chi connectivity index (χ1) is 11.6. The molecule has 1 saturated heterocycles. The van der Waals surface area contributed by atoms with Crippen molar-refractivity contribution in [1.29, 1.82) is 0 Å². The predicted molar refractivity (Wildman–Crippen MR) is 111 cm³/mol. The highest BCUT2D eigenvalue weighted by atomic mass is 35.5. The van der Waals surface area contributed by atoms with Gasteiger partial charge in [-0.1, -0.05) is 17.7 Å². The van der Waals surface area contributed by atoms with Gasteiger partial charge >= 0.3 is 0 Å². The van der Waals surface area contributed by atoms with Gasteiger partial charge in [0.1, 0.15) is 0 Å². The van der Waals surface area contributed by atoms with Crippen molar-refractivity contribution in [3.05, 3.63) is 29.3 Å². The third kappa shape index (κ3) is 7.62. The summed E-state index contributed by atoms with van der Waals surface area (Å²) in [5.74, 6) is 0.877. The summed E-state index contributed by atoms with van der Waals surface area (Å²) in [6.07, 6.45) is 2.75. The highest BCUT2D eigenvalue weighted by molar-refractivity contribution is 7.98. The van der Waals surface area contributed by atoms with Crippen molar-refractivity contribution in [3.63, 3.8) is 0 Å². The molecule has 5 nitrogen and oxygen atoms in total. The predicted octanol–water partition coefficient (Wildman–Crippen LogP) is 2.08. The van der Waals surface area contributed by atoms with Gasteiger partial charge in [-0.05, 0) is 36.6 Å². The van der Waals surface area contributed by atoms with Gasteiger partial charge in [-0.3, -0.25) is 9.69 Å². The molecule has 0 bridgehead atoms. The number of hydrogen-bond acceptors (Lipinski definition) is 5. The van der Waals surface area contributed by atoms with Gasteiger partial charge in [0.15, 0.2) is 0 Å². The first-order valence-electron chi connectivity index (χ1n) is 8.35. The Bertz CT molecular complexity index is 527. The number of carbonyl (C=O) groups is 1. The van der Waals surface area contributed by atoms with E-state index in [2.05, 4.69) is 21.2 Å². The highest BCUT2D eigenvalue weighted by Crippen LogP contribution is 2.20. The molecular weight excluding hydrogens is 379 g/mol. The fourth-order valence-corrected chi connectivity index (χ4v) is 3.42. The lowest BCUT2D eigenvalue weighted by atomic mass is 10.2. The highest BCUT2D eigenvalue weighted by Gasteiger charge is 2.18. The zero-order valence-corrected chi connectivity index (χ0v) is 17.0. The van der Waals surface area contributed by atoms with E-state index >= 15 is 0 Å². The molecular formula is C17H28Cl2N4OS. The molecule has 8 heteroatoms. The van der Waals surface area contributed by atoms with Crippen LogP contribution in [0.5, 0.6) is 0 Å². The Balaban J connectivity index is 0.00000312. The minimum Gasteiger partial charge on any atom is -0.369 e. The van der Waals surface area contributed by atoms with Gasteiger partial charge < -0.3 is 16.0 Å². The van der Waals surface area contributed by atoms with Crippen LogP contribution < -0.4 is 16.0 Å². The van der Waals surface area contributed by atoms with Crippen LogP contribution in [0.15, 0.2) is 24.3 Å². The lowest BCUT2D eigenvalue weighted by Crippen LogP contribution is -2.49. The average molecular weight is 407 g/mol. The molecule has 0 spiro atoms. The Hall–Kier alpha value is -0.660. The first-order valence-corrected chi connectivity index (χ1v) is 10.1. The maximum Gasteiger partial charge on any atom is 0.236 e. The summed E-state index contributed by atoms with van der Waals surface area (Å²) in [4.78, 5) is 16.6. The Morgan fingerprint density at radius 2 is 2.08 bits per heavy atom. The van der Waals surface area contributed by atoms with Crippen molar-refractivity contribution in [1.82, 2.24) is 10.2 Å². The molecule has 1 amide bonds. The summed E-state index contributed by atoms with van der Waals surface area (Å²) in [5.41, 5.74) is 7.04. The summed E-state index contributed by atoms with van der Waals surface area (Å²) in [5, 5.41) is 3.72. The van der Waals surface area contributed by atoms with Crippen molar-refractivity contribution in [2.45, 2.75) is 12.5 Å². The van der Waals surface area contributed by atoms with Gasteiger partial charge in [-0.2, -0.15) is 11.8 Å². The number of rotatable bonds is 8. The van der Waals surface area contributed by atoms with Gasteiger partial charge in [0.05, 0.1) is 6.04 Å². The molecule has 1 atom stereocenters. The average Bonchev–Trinajstić information content (AvgIpc) is 2.60. The van der Waals surface area contributed by atoms with E-state index in [-0.39, 0.29) is 18.3 Å². The van der Waals surface area contributed by atoms with Crippen molar-refractivity contribution in [2.24, 2.45) is 5.73 Å². The number of anilines is 1. The summed E-state index contributed by atoms with van der Waals surface area (Å²) >= 11 is 7.77. The number of hydrogen-bond donors (Lipinski definition) is 2. The number of halogens is 2. The van der Waals surface area contributed by atoms with E-state index in [9.17, 15) is 4.79 Å². The summed E-state index contributed by atoms with van der Waals surface area (Å²) in [6, 6.07) is 7.59. The lowest BCUT2D eigenvalue weighted by Gasteiger charge is -2.36. The molecule has 2 rings (SSSR count). The molecule has 0 aliphatic carbocycles. The lowest BCUT2D eigenvalue weighted by molar-refractivity contribution is -0.122. The van der Waals surface area contributed by atoms with Crippen molar-refractivity contribution in [3.8, 4) is 0 Å². The SMILES string of the molecule is CSCC[C@H](N)C(=O)NCCN1CCN(c2cccc(Cl)c2)CC1.Cl. The third-order valence-corrected chi connectivity index (χ3v) is 5.12. The maximum absolute atomic E-state index is 11.9. The minimum absolute atomic E-state index is 0. The second kappa shape index (κ2) is 11.9. The molecule has 1 aromatic carbocycles. The molecule has 1 heterocycles. The normalized spacial score (nSPS) is 16.2. The van der Waals surface area contributed by atoms with Crippen LogP contribution in [0.3, 0.4) is 0 Å². The molecule has 1 aromatic rings. The van der Waals surface area contributed by atoms with Crippen LogP contribution in [0.1, 0.15) is 6.42 Å². The number of nitrogens with two attached hydrogens (primary N) is 1. The fraction of sp³-hybridized carbons (Fsp3) is 0.588. The van der Waals surface area contributed by atoms with Crippen molar-refractivity contribution in [2.75, 3.05) is 56.2 Å². The van der Waals surface area contributed by atoms with Gasteiger partial charge in [0.2, 0.25) is 5.91 Å². The fourth-order valence-electron chi connectivity index (χ4n) is 2.75. The molecule has 0 saturated carbocycles. The van der Waals surface area contributed by atoms with E-state index in [0.29, 0.717) is 6.54 Å². The topological polar surface area (TPSA) is 61.6 Å². The Morgan fingerprint density at radius 3 is 2.72 bits per heavy atom. The third-order valence-electron chi connectivity index (χ3n) is 4.24. The van der Waals surface area contributed by atoms with Gasteiger partial charge in [0, 0.05) is 50.0 Å². The number of amides is 1. The zero-order valence-electron chi connectivity index (χ0n) is 14.6. The molecule has 1 aliphatic rings. The molecule has 0 aromatic heterocycles. The molecule has 0 radical (unpaired) electrons. The minimum atomic E-state index is -0.392. The summed E-state index contributed by atoms with van der Waals surface area (Å²) in [7, 11) is 0. The van der Waals surface area contributed by atoms with Gasteiger partial charge in [0.25, 0.3) is 0 Å². The molecule has 3 N–H and O–H groups in total. The van der Waals surface area contributed by atoms with E-state index in [1.807, 2.05) is 24.5 Å². The molecule has 142 valence electrons. The van der Waals surface area contributed by atoms with Crippen LogP contribution in [0.2, 0.25) is 5.02 Å². The second-order valence-electron chi connectivity index (χ2n) is 5.99. The number of nitrogens with one attached hydrogen (secondary N) is 1. The second-order valence-corrected chi connectivity index (χ2v) is 7.41. The van der Waals surface area contributed by atoms with Crippen LogP contribution in [-0.2, 0) is 4.79 Å². The number of nitrogens with zero attached hydrogens (tertiary/aromatic N) is 2. The quantitative estimate of drug-likeness (QED) is 0.691. The van der Waals surface area contributed by atoms with Crippen molar-refractivity contribution >= 4 is 47.4 Å². The van der Waals surface area contributed by atoms with Crippen LogP contribution in [-0.4, -0.2) is 68.1 Å².